The Labute approximate surface area is 151 Å². The summed E-state index contributed by atoms with van der Waals surface area (Å²) < 4.78 is 6.49. The van der Waals surface area contributed by atoms with Crippen molar-refractivity contribution in [3.63, 3.8) is 0 Å². The highest BCUT2D eigenvalue weighted by atomic mass is 79.9. The minimum atomic E-state index is -0.457. The molecule has 128 valence electrons. The Morgan fingerprint density at radius 3 is 2.74 bits per heavy atom. The second-order valence-corrected chi connectivity index (χ2v) is 8.14. The Kier molecular flexibility index (Phi) is 6.34. The molecule has 1 amide bonds. The highest BCUT2D eigenvalue weighted by molar-refractivity contribution is 9.10. The van der Waals surface area contributed by atoms with Gasteiger partial charge in [0, 0.05) is 35.2 Å². The molecule has 23 heavy (non-hydrogen) atoms. The molecule has 0 unspecified atom stereocenters. The number of halogens is 2. The van der Waals surface area contributed by atoms with Crippen molar-refractivity contribution < 1.29 is 9.53 Å². The van der Waals surface area contributed by atoms with Crippen LogP contribution < -0.4 is 5.32 Å². The predicted molar refractivity (Wildman–Crippen MR) is 96.8 cm³/mol. The first-order chi connectivity index (χ1) is 10.8. The minimum Gasteiger partial charge on any atom is -0.444 e. The van der Waals surface area contributed by atoms with E-state index in [1.54, 1.807) is 0 Å². The zero-order chi connectivity index (χ0) is 17.0. The van der Waals surface area contributed by atoms with E-state index in [9.17, 15) is 4.79 Å². The van der Waals surface area contributed by atoms with Crippen molar-refractivity contribution in [1.29, 1.82) is 0 Å². The summed E-state index contributed by atoms with van der Waals surface area (Å²) in [5.41, 5.74) is 0.581. The van der Waals surface area contributed by atoms with E-state index in [1.807, 2.05) is 43.9 Å². The molecule has 4 nitrogen and oxygen atoms in total. The summed E-state index contributed by atoms with van der Waals surface area (Å²) in [6.07, 6.45) is 1.91. The standard InChI is InChI=1S/C17H24BrClN2O2/c1-17(2,3)23-16(22)21(14-5-6-14)9-8-20-11-12-10-13(18)4-7-15(12)19/h4,7,10,14,20H,5-6,8-9,11H2,1-3H3. The summed E-state index contributed by atoms with van der Waals surface area (Å²) in [6.45, 7) is 7.70. The molecule has 1 fully saturated rings. The van der Waals surface area contributed by atoms with Crippen LogP contribution in [0.1, 0.15) is 39.2 Å². The Hall–Kier alpha value is -0.780. The normalized spacial score (nSPS) is 14.7. The summed E-state index contributed by atoms with van der Waals surface area (Å²) in [5, 5.41) is 4.09. The summed E-state index contributed by atoms with van der Waals surface area (Å²) >= 11 is 9.62. The van der Waals surface area contributed by atoms with E-state index in [1.165, 1.54) is 0 Å². The number of ether oxygens (including phenoxy) is 1. The third-order valence-electron chi connectivity index (χ3n) is 3.47. The van der Waals surface area contributed by atoms with Gasteiger partial charge in [-0.1, -0.05) is 27.5 Å². The number of hydrogen-bond donors (Lipinski definition) is 1. The number of nitrogens with one attached hydrogen (secondary N) is 1. The first kappa shape index (κ1) is 18.6. The van der Waals surface area contributed by atoms with Gasteiger partial charge in [0.15, 0.2) is 0 Å². The lowest BCUT2D eigenvalue weighted by Gasteiger charge is -2.27. The molecular formula is C17H24BrClN2O2. The van der Waals surface area contributed by atoms with Crippen LogP contribution in [0.15, 0.2) is 22.7 Å². The average molecular weight is 404 g/mol. The molecule has 0 saturated heterocycles. The molecule has 0 atom stereocenters. The number of carbonyl (C=O) groups is 1. The zero-order valence-electron chi connectivity index (χ0n) is 13.9. The van der Waals surface area contributed by atoms with Crippen LogP contribution in [-0.4, -0.2) is 35.7 Å². The van der Waals surface area contributed by atoms with Gasteiger partial charge < -0.3 is 15.0 Å². The van der Waals surface area contributed by atoms with E-state index in [0.717, 1.165) is 27.9 Å². The Morgan fingerprint density at radius 2 is 2.13 bits per heavy atom. The number of hydrogen-bond acceptors (Lipinski definition) is 3. The third kappa shape index (κ3) is 6.32. The summed E-state index contributed by atoms with van der Waals surface area (Å²) in [6, 6.07) is 6.13. The van der Waals surface area contributed by atoms with Gasteiger partial charge in [-0.2, -0.15) is 0 Å². The van der Waals surface area contributed by atoms with E-state index in [2.05, 4.69) is 21.2 Å². The van der Waals surface area contributed by atoms with Crippen molar-refractivity contribution in [3.8, 4) is 0 Å². The van der Waals surface area contributed by atoms with E-state index < -0.39 is 5.60 Å². The lowest BCUT2D eigenvalue weighted by molar-refractivity contribution is 0.0236. The van der Waals surface area contributed by atoms with E-state index in [4.69, 9.17) is 16.3 Å². The molecule has 6 heteroatoms. The van der Waals surface area contributed by atoms with Crippen LogP contribution in [0.3, 0.4) is 0 Å². The van der Waals surface area contributed by atoms with Gasteiger partial charge in [-0.15, -0.1) is 0 Å². The first-order valence-corrected chi connectivity index (χ1v) is 9.07. The van der Waals surface area contributed by atoms with Gasteiger partial charge in [0.1, 0.15) is 5.60 Å². The second-order valence-electron chi connectivity index (χ2n) is 6.82. The molecule has 0 aliphatic heterocycles. The summed E-state index contributed by atoms with van der Waals surface area (Å²) in [5.74, 6) is 0. The van der Waals surface area contributed by atoms with Gasteiger partial charge in [-0.05, 0) is 57.4 Å². The maximum absolute atomic E-state index is 12.3. The Morgan fingerprint density at radius 1 is 1.43 bits per heavy atom. The molecule has 1 aromatic rings. The lowest BCUT2D eigenvalue weighted by Crippen LogP contribution is -2.41. The lowest BCUT2D eigenvalue weighted by atomic mass is 10.2. The molecule has 1 aliphatic rings. The van der Waals surface area contributed by atoms with Crippen molar-refractivity contribution >= 4 is 33.6 Å². The smallest absolute Gasteiger partial charge is 0.410 e. The predicted octanol–water partition coefficient (Wildman–Crippen LogP) is 4.59. The van der Waals surface area contributed by atoms with Crippen LogP contribution in [0, 0.1) is 0 Å². The molecule has 2 rings (SSSR count). The highest BCUT2D eigenvalue weighted by Gasteiger charge is 2.34. The van der Waals surface area contributed by atoms with E-state index in [0.29, 0.717) is 25.7 Å². The van der Waals surface area contributed by atoms with Crippen molar-refractivity contribution in [2.45, 2.75) is 51.8 Å². The summed E-state index contributed by atoms with van der Waals surface area (Å²) in [4.78, 5) is 14.1. The third-order valence-corrected chi connectivity index (χ3v) is 4.33. The van der Waals surface area contributed by atoms with Crippen molar-refractivity contribution in [3.05, 3.63) is 33.3 Å². The van der Waals surface area contributed by atoms with Gasteiger partial charge in [-0.25, -0.2) is 4.79 Å². The van der Waals surface area contributed by atoms with Crippen molar-refractivity contribution in [2.75, 3.05) is 13.1 Å². The fourth-order valence-electron chi connectivity index (χ4n) is 2.23. The monoisotopic (exact) mass is 402 g/mol. The van der Waals surface area contributed by atoms with E-state index in [-0.39, 0.29) is 6.09 Å². The number of nitrogens with zero attached hydrogens (tertiary/aromatic N) is 1. The fourth-order valence-corrected chi connectivity index (χ4v) is 2.82. The number of rotatable bonds is 6. The summed E-state index contributed by atoms with van der Waals surface area (Å²) in [7, 11) is 0. The van der Waals surface area contributed by atoms with Crippen LogP contribution in [0.2, 0.25) is 5.02 Å². The maximum atomic E-state index is 12.3. The van der Waals surface area contributed by atoms with Crippen LogP contribution in [0.5, 0.6) is 0 Å². The Bertz CT molecular complexity index is 556. The average Bonchev–Trinajstić information content (AvgIpc) is 3.24. The van der Waals surface area contributed by atoms with Gasteiger partial charge in [0.05, 0.1) is 0 Å². The number of benzene rings is 1. The van der Waals surface area contributed by atoms with Gasteiger partial charge in [-0.3, -0.25) is 0 Å². The molecule has 0 heterocycles. The molecule has 0 spiro atoms. The Balaban J connectivity index is 1.81. The zero-order valence-corrected chi connectivity index (χ0v) is 16.2. The molecule has 0 radical (unpaired) electrons. The second kappa shape index (κ2) is 7.86. The molecule has 0 bridgehead atoms. The molecule has 1 aromatic carbocycles. The number of carbonyl (C=O) groups excluding carboxylic acids is 1. The van der Waals surface area contributed by atoms with Crippen LogP contribution in [-0.2, 0) is 11.3 Å². The molecule has 0 aromatic heterocycles. The maximum Gasteiger partial charge on any atom is 0.410 e. The van der Waals surface area contributed by atoms with Crippen LogP contribution in [0.4, 0.5) is 4.79 Å². The minimum absolute atomic E-state index is 0.220. The highest BCUT2D eigenvalue weighted by Crippen LogP contribution is 2.28. The SMILES string of the molecule is CC(C)(C)OC(=O)N(CCNCc1cc(Br)ccc1Cl)C1CC1. The molecule has 1 N–H and O–H groups in total. The molecular weight excluding hydrogens is 380 g/mol. The van der Waals surface area contributed by atoms with Gasteiger partial charge in [0.2, 0.25) is 0 Å². The van der Waals surface area contributed by atoms with Gasteiger partial charge in [0.25, 0.3) is 0 Å². The largest absolute Gasteiger partial charge is 0.444 e. The fraction of sp³-hybridized carbons (Fsp3) is 0.588. The molecule has 1 aliphatic carbocycles. The van der Waals surface area contributed by atoms with Crippen LogP contribution in [0.25, 0.3) is 0 Å². The quantitative estimate of drug-likeness (QED) is 0.706. The van der Waals surface area contributed by atoms with Crippen molar-refractivity contribution in [2.24, 2.45) is 0 Å². The van der Waals surface area contributed by atoms with Gasteiger partial charge >= 0.3 is 6.09 Å². The first-order valence-electron chi connectivity index (χ1n) is 7.90. The van der Waals surface area contributed by atoms with Crippen LogP contribution >= 0.6 is 27.5 Å². The van der Waals surface area contributed by atoms with E-state index >= 15 is 0 Å². The van der Waals surface area contributed by atoms with Crippen molar-refractivity contribution in [1.82, 2.24) is 10.2 Å². The molecule has 1 saturated carbocycles. The topological polar surface area (TPSA) is 41.6 Å². The number of amides is 1.